The van der Waals surface area contributed by atoms with Gasteiger partial charge in [-0.3, -0.25) is 0 Å². The van der Waals surface area contributed by atoms with Gasteiger partial charge in [-0.25, -0.2) is 4.79 Å². The van der Waals surface area contributed by atoms with Gasteiger partial charge in [-0.05, 0) is 36.2 Å². The molecule has 0 saturated heterocycles. The van der Waals surface area contributed by atoms with Crippen LogP contribution in [0.4, 0.5) is 0 Å². The molecule has 0 heterocycles. The topological polar surface area (TPSA) is 66.8 Å². The van der Waals surface area contributed by atoms with Gasteiger partial charge in [0.2, 0.25) is 0 Å². The van der Waals surface area contributed by atoms with E-state index in [1.54, 1.807) is 42.5 Å². The molecular weight excluding hydrogens is 304 g/mol. The Labute approximate surface area is 139 Å². The van der Waals surface area contributed by atoms with E-state index in [0.717, 1.165) is 18.4 Å². The van der Waals surface area contributed by atoms with Gasteiger partial charge in [0, 0.05) is 10.8 Å². The van der Waals surface area contributed by atoms with Crippen LogP contribution in [0, 0.1) is 0 Å². The molecule has 0 spiro atoms. The van der Waals surface area contributed by atoms with Gasteiger partial charge in [0.25, 0.3) is 0 Å². The quantitative estimate of drug-likeness (QED) is 0.424. The smallest absolute Gasteiger partial charge is 0.344 e. The fraction of sp³-hybridized carbons (Fsp3) is 0.150. The van der Waals surface area contributed by atoms with E-state index in [-0.39, 0.29) is 11.5 Å². The predicted molar refractivity (Wildman–Crippen MR) is 92.7 cm³/mol. The average Bonchev–Trinajstić information content (AvgIpc) is 2.59. The predicted octanol–water partition coefficient (Wildman–Crippen LogP) is 4.42. The zero-order valence-electron chi connectivity index (χ0n) is 13.3. The number of rotatable bonds is 4. The van der Waals surface area contributed by atoms with Crippen molar-refractivity contribution in [1.82, 2.24) is 0 Å². The van der Waals surface area contributed by atoms with Crippen LogP contribution in [0.3, 0.4) is 0 Å². The SMILES string of the molecule is CCCc1ccc2c(O)c(O)ccc2c1C(=O)Oc1ccccc1. The second kappa shape index (κ2) is 6.62. The van der Waals surface area contributed by atoms with Crippen LogP contribution in [0.1, 0.15) is 29.3 Å². The highest BCUT2D eigenvalue weighted by Gasteiger charge is 2.19. The highest BCUT2D eigenvalue weighted by Crippen LogP contribution is 2.36. The minimum atomic E-state index is -0.472. The van der Waals surface area contributed by atoms with Crippen LogP contribution < -0.4 is 4.74 Å². The number of phenols is 2. The molecule has 0 aliphatic carbocycles. The summed E-state index contributed by atoms with van der Waals surface area (Å²) in [6.45, 7) is 2.03. The van der Waals surface area contributed by atoms with Crippen LogP contribution >= 0.6 is 0 Å². The van der Waals surface area contributed by atoms with Gasteiger partial charge < -0.3 is 14.9 Å². The maximum Gasteiger partial charge on any atom is 0.344 e. The van der Waals surface area contributed by atoms with E-state index < -0.39 is 5.97 Å². The maximum atomic E-state index is 12.8. The van der Waals surface area contributed by atoms with E-state index in [9.17, 15) is 15.0 Å². The number of hydrogen-bond acceptors (Lipinski definition) is 4. The molecule has 0 fully saturated rings. The minimum absolute atomic E-state index is 0.215. The number of phenolic OH excluding ortho intramolecular Hbond substituents is 2. The number of aromatic hydroxyl groups is 2. The van der Waals surface area contributed by atoms with Crippen LogP contribution in [-0.4, -0.2) is 16.2 Å². The molecular formula is C20H18O4. The Morgan fingerprint density at radius 2 is 1.67 bits per heavy atom. The van der Waals surface area contributed by atoms with E-state index in [1.807, 2.05) is 13.0 Å². The van der Waals surface area contributed by atoms with Gasteiger partial charge >= 0.3 is 5.97 Å². The number of esters is 1. The average molecular weight is 322 g/mol. The molecule has 3 rings (SSSR count). The minimum Gasteiger partial charge on any atom is -0.504 e. The van der Waals surface area contributed by atoms with Gasteiger partial charge in [0.1, 0.15) is 5.75 Å². The third-order valence-corrected chi connectivity index (χ3v) is 3.91. The number of hydrogen-bond donors (Lipinski definition) is 2. The molecule has 0 saturated carbocycles. The first-order valence-corrected chi connectivity index (χ1v) is 7.85. The molecule has 0 radical (unpaired) electrons. The van der Waals surface area contributed by atoms with Gasteiger partial charge in [0.15, 0.2) is 11.5 Å². The molecule has 3 aromatic rings. The van der Waals surface area contributed by atoms with Gasteiger partial charge in [-0.1, -0.05) is 43.7 Å². The van der Waals surface area contributed by atoms with Crippen molar-refractivity contribution in [2.24, 2.45) is 0 Å². The second-order valence-electron chi connectivity index (χ2n) is 5.58. The van der Waals surface area contributed by atoms with Crippen molar-refractivity contribution in [3.05, 3.63) is 65.7 Å². The molecule has 0 amide bonds. The summed E-state index contributed by atoms with van der Waals surface area (Å²) in [5, 5.41) is 20.8. The normalized spacial score (nSPS) is 10.7. The van der Waals surface area contributed by atoms with Crippen molar-refractivity contribution in [2.75, 3.05) is 0 Å². The number of aryl methyl sites for hydroxylation is 1. The highest BCUT2D eigenvalue weighted by atomic mass is 16.5. The number of carbonyl (C=O) groups excluding carboxylic acids is 1. The lowest BCUT2D eigenvalue weighted by Crippen LogP contribution is -2.12. The van der Waals surface area contributed by atoms with Gasteiger partial charge in [-0.2, -0.15) is 0 Å². The van der Waals surface area contributed by atoms with Crippen molar-refractivity contribution in [1.29, 1.82) is 0 Å². The standard InChI is InChI=1S/C20H18O4/c1-2-6-13-9-10-16-15(11-12-17(21)19(16)22)18(13)20(23)24-14-7-4-3-5-8-14/h3-5,7-12,21-22H,2,6H2,1H3. The summed E-state index contributed by atoms with van der Waals surface area (Å²) in [6.07, 6.45) is 1.60. The summed E-state index contributed by atoms with van der Waals surface area (Å²) in [7, 11) is 0. The largest absolute Gasteiger partial charge is 0.504 e. The Balaban J connectivity index is 2.14. The molecule has 122 valence electrons. The van der Waals surface area contributed by atoms with E-state index in [1.165, 1.54) is 6.07 Å². The number of fused-ring (bicyclic) bond motifs is 1. The Hall–Kier alpha value is -3.01. The molecule has 0 unspecified atom stereocenters. The molecule has 0 bridgehead atoms. The first kappa shape index (κ1) is 15.9. The summed E-state index contributed by atoms with van der Waals surface area (Å²) < 4.78 is 5.48. The molecule has 3 aromatic carbocycles. The van der Waals surface area contributed by atoms with E-state index in [2.05, 4.69) is 0 Å². The van der Waals surface area contributed by atoms with E-state index >= 15 is 0 Å². The Morgan fingerprint density at radius 1 is 0.958 bits per heavy atom. The van der Waals surface area contributed by atoms with Crippen molar-refractivity contribution in [3.8, 4) is 17.2 Å². The molecule has 0 aliphatic rings. The highest BCUT2D eigenvalue weighted by molar-refractivity contribution is 6.08. The number of carbonyl (C=O) groups is 1. The first-order chi connectivity index (χ1) is 11.6. The van der Waals surface area contributed by atoms with Crippen LogP contribution in [0.25, 0.3) is 10.8 Å². The van der Waals surface area contributed by atoms with Crippen molar-refractivity contribution in [3.63, 3.8) is 0 Å². The first-order valence-electron chi connectivity index (χ1n) is 7.85. The fourth-order valence-corrected chi connectivity index (χ4v) is 2.79. The fourth-order valence-electron chi connectivity index (χ4n) is 2.79. The molecule has 2 N–H and O–H groups in total. The Morgan fingerprint density at radius 3 is 2.38 bits per heavy atom. The van der Waals surface area contributed by atoms with Crippen molar-refractivity contribution >= 4 is 16.7 Å². The van der Waals surface area contributed by atoms with Crippen LogP contribution in [0.2, 0.25) is 0 Å². The molecule has 24 heavy (non-hydrogen) atoms. The molecule has 0 aromatic heterocycles. The van der Waals surface area contributed by atoms with Crippen molar-refractivity contribution < 1.29 is 19.7 Å². The summed E-state index contributed by atoms with van der Waals surface area (Å²) in [5.41, 5.74) is 1.28. The third-order valence-electron chi connectivity index (χ3n) is 3.91. The second-order valence-corrected chi connectivity index (χ2v) is 5.58. The lowest BCUT2D eigenvalue weighted by molar-refractivity contribution is 0.0735. The maximum absolute atomic E-state index is 12.8. The number of benzene rings is 3. The molecule has 0 aliphatic heterocycles. The Bertz CT molecular complexity index is 885. The zero-order chi connectivity index (χ0) is 17.1. The van der Waals surface area contributed by atoms with E-state index in [0.29, 0.717) is 22.1 Å². The molecule has 4 nitrogen and oxygen atoms in total. The zero-order valence-corrected chi connectivity index (χ0v) is 13.3. The molecule has 0 atom stereocenters. The van der Waals surface area contributed by atoms with E-state index in [4.69, 9.17) is 4.74 Å². The van der Waals surface area contributed by atoms with Gasteiger partial charge in [0.05, 0.1) is 5.56 Å². The van der Waals surface area contributed by atoms with Crippen molar-refractivity contribution in [2.45, 2.75) is 19.8 Å². The summed E-state index contributed by atoms with van der Waals surface area (Å²) in [6, 6.07) is 15.4. The number of ether oxygens (including phenoxy) is 1. The van der Waals surface area contributed by atoms with Gasteiger partial charge in [-0.15, -0.1) is 0 Å². The summed E-state index contributed by atoms with van der Waals surface area (Å²) in [4.78, 5) is 12.8. The van der Waals surface area contributed by atoms with Crippen LogP contribution in [0.15, 0.2) is 54.6 Å². The molecule has 4 heteroatoms. The summed E-state index contributed by atoms with van der Waals surface area (Å²) >= 11 is 0. The summed E-state index contributed by atoms with van der Waals surface area (Å²) in [5.74, 6) is -0.456. The Kier molecular flexibility index (Phi) is 4.38. The third kappa shape index (κ3) is 2.91. The number of para-hydroxylation sites is 1. The van der Waals surface area contributed by atoms with Crippen LogP contribution in [0.5, 0.6) is 17.2 Å². The monoisotopic (exact) mass is 322 g/mol. The van der Waals surface area contributed by atoms with Crippen LogP contribution in [-0.2, 0) is 6.42 Å². The lowest BCUT2D eigenvalue weighted by Gasteiger charge is -2.13. The lowest BCUT2D eigenvalue weighted by atomic mass is 9.95.